The highest BCUT2D eigenvalue weighted by Crippen LogP contribution is 2.19. The fourth-order valence-electron chi connectivity index (χ4n) is 2.85. The molecular formula is C23H24N2O3. The highest BCUT2D eigenvalue weighted by Gasteiger charge is 2.10. The van der Waals surface area contributed by atoms with Crippen molar-refractivity contribution in [1.82, 2.24) is 10.9 Å². The highest BCUT2D eigenvalue weighted by molar-refractivity contribution is 5.96. The first-order valence-corrected chi connectivity index (χ1v) is 9.31. The third-order valence-electron chi connectivity index (χ3n) is 4.23. The van der Waals surface area contributed by atoms with Crippen molar-refractivity contribution in [2.45, 2.75) is 20.3 Å². The van der Waals surface area contributed by atoms with E-state index in [0.29, 0.717) is 23.8 Å². The molecule has 0 saturated carbocycles. The van der Waals surface area contributed by atoms with E-state index in [4.69, 9.17) is 4.74 Å². The number of fused-ring (bicyclic) bond motifs is 1. The minimum atomic E-state index is -0.388. The Morgan fingerprint density at radius 3 is 2.50 bits per heavy atom. The number of ether oxygens (including phenoxy) is 1. The molecule has 0 bridgehead atoms. The summed E-state index contributed by atoms with van der Waals surface area (Å²) in [7, 11) is 0. The average molecular weight is 376 g/mol. The smallest absolute Gasteiger partial charge is 0.269 e. The molecule has 0 unspecified atom stereocenters. The van der Waals surface area contributed by atoms with Gasteiger partial charge in [0.15, 0.2) is 0 Å². The number of amides is 2. The maximum Gasteiger partial charge on any atom is 0.269 e. The van der Waals surface area contributed by atoms with Gasteiger partial charge in [-0.1, -0.05) is 62.4 Å². The van der Waals surface area contributed by atoms with Crippen molar-refractivity contribution in [3.05, 3.63) is 77.9 Å². The molecule has 2 N–H and O–H groups in total. The Labute approximate surface area is 164 Å². The second-order valence-electron chi connectivity index (χ2n) is 7.05. The number of hydrogen-bond acceptors (Lipinski definition) is 3. The van der Waals surface area contributed by atoms with Crippen molar-refractivity contribution in [1.29, 1.82) is 0 Å². The molecule has 0 fully saturated rings. The second kappa shape index (κ2) is 9.04. The highest BCUT2D eigenvalue weighted by atomic mass is 16.5. The molecule has 5 heteroatoms. The molecule has 0 atom stereocenters. The Morgan fingerprint density at radius 1 is 0.929 bits per heavy atom. The summed E-state index contributed by atoms with van der Waals surface area (Å²) in [5.74, 6) is 0.354. The lowest BCUT2D eigenvalue weighted by atomic mass is 10.0. The van der Waals surface area contributed by atoms with E-state index in [1.54, 1.807) is 24.3 Å². The monoisotopic (exact) mass is 376 g/mol. The molecule has 0 aromatic heterocycles. The van der Waals surface area contributed by atoms with Gasteiger partial charge in [-0.3, -0.25) is 20.4 Å². The zero-order valence-electron chi connectivity index (χ0n) is 16.1. The predicted molar refractivity (Wildman–Crippen MR) is 110 cm³/mol. The molecule has 28 heavy (non-hydrogen) atoms. The molecule has 0 aliphatic heterocycles. The van der Waals surface area contributed by atoms with Crippen LogP contribution in [0.15, 0.2) is 66.7 Å². The lowest BCUT2D eigenvalue weighted by Crippen LogP contribution is -2.42. The second-order valence-corrected chi connectivity index (χ2v) is 7.05. The third-order valence-corrected chi connectivity index (χ3v) is 4.23. The van der Waals surface area contributed by atoms with Gasteiger partial charge < -0.3 is 4.74 Å². The number of benzene rings is 3. The van der Waals surface area contributed by atoms with E-state index in [0.717, 1.165) is 16.3 Å². The molecule has 144 valence electrons. The van der Waals surface area contributed by atoms with Crippen molar-refractivity contribution in [2.24, 2.45) is 5.92 Å². The van der Waals surface area contributed by atoms with Crippen molar-refractivity contribution in [3.8, 4) is 5.75 Å². The van der Waals surface area contributed by atoms with E-state index < -0.39 is 0 Å². The maximum atomic E-state index is 12.3. The first kappa shape index (κ1) is 19.4. The summed E-state index contributed by atoms with van der Waals surface area (Å²) < 4.78 is 5.64. The summed E-state index contributed by atoms with van der Waals surface area (Å²) in [6, 6.07) is 20.6. The molecular weight excluding hydrogens is 352 g/mol. The number of hydrogen-bond donors (Lipinski definition) is 2. The Kier molecular flexibility index (Phi) is 6.27. The van der Waals surface area contributed by atoms with E-state index in [-0.39, 0.29) is 18.2 Å². The van der Waals surface area contributed by atoms with Gasteiger partial charge in [-0.25, -0.2) is 0 Å². The van der Waals surface area contributed by atoms with Gasteiger partial charge in [0.05, 0.1) is 13.0 Å². The van der Waals surface area contributed by atoms with Crippen LogP contribution in [0.3, 0.4) is 0 Å². The largest absolute Gasteiger partial charge is 0.493 e. The summed E-state index contributed by atoms with van der Waals surface area (Å²) in [4.78, 5) is 24.6. The molecule has 0 saturated heterocycles. The Balaban J connectivity index is 1.58. The average Bonchev–Trinajstić information content (AvgIpc) is 2.71. The fourth-order valence-corrected chi connectivity index (χ4v) is 2.85. The van der Waals surface area contributed by atoms with Crippen molar-refractivity contribution in [3.63, 3.8) is 0 Å². The lowest BCUT2D eigenvalue weighted by molar-refractivity contribution is -0.121. The van der Waals surface area contributed by atoms with Crippen LogP contribution >= 0.6 is 0 Å². The molecule has 3 aromatic carbocycles. The number of carbonyl (C=O) groups is 2. The summed E-state index contributed by atoms with van der Waals surface area (Å²) in [5.41, 5.74) is 6.28. The lowest BCUT2D eigenvalue weighted by Gasteiger charge is -2.11. The van der Waals surface area contributed by atoms with Gasteiger partial charge in [-0.2, -0.15) is 0 Å². The molecule has 0 radical (unpaired) electrons. The molecule has 0 spiro atoms. The normalized spacial score (nSPS) is 10.7. The number of rotatable bonds is 6. The van der Waals surface area contributed by atoms with Crippen LogP contribution in [0.1, 0.15) is 29.8 Å². The molecule has 5 nitrogen and oxygen atoms in total. The topological polar surface area (TPSA) is 67.4 Å². The van der Waals surface area contributed by atoms with Crippen LogP contribution in [0.4, 0.5) is 0 Å². The SMILES string of the molecule is CC(C)COc1cccc(C(=O)NNC(=O)Cc2cccc3ccccc23)c1. The van der Waals surface area contributed by atoms with Gasteiger partial charge in [0, 0.05) is 5.56 Å². The van der Waals surface area contributed by atoms with E-state index >= 15 is 0 Å². The van der Waals surface area contributed by atoms with Gasteiger partial charge >= 0.3 is 0 Å². The van der Waals surface area contributed by atoms with Crippen molar-refractivity contribution >= 4 is 22.6 Å². The fraction of sp³-hybridized carbons (Fsp3) is 0.217. The van der Waals surface area contributed by atoms with Crippen LogP contribution in [-0.2, 0) is 11.2 Å². The Hall–Kier alpha value is -3.34. The van der Waals surface area contributed by atoms with E-state index in [1.807, 2.05) is 42.5 Å². The minimum Gasteiger partial charge on any atom is -0.493 e. The van der Waals surface area contributed by atoms with Gasteiger partial charge in [-0.05, 0) is 40.5 Å². The summed E-state index contributed by atoms with van der Waals surface area (Å²) in [6.45, 7) is 4.69. The number of carbonyl (C=O) groups excluding carboxylic acids is 2. The summed E-state index contributed by atoms with van der Waals surface area (Å²) in [5, 5.41) is 2.11. The molecule has 0 aliphatic rings. The Bertz CT molecular complexity index is 977. The maximum absolute atomic E-state index is 12.3. The number of nitrogens with one attached hydrogen (secondary N) is 2. The third kappa shape index (κ3) is 5.10. The molecule has 3 rings (SSSR count). The summed E-state index contributed by atoms with van der Waals surface area (Å²) in [6.07, 6.45) is 0.180. The van der Waals surface area contributed by atoms with Gasteiger partial charge in [0.2, 0.25) is 5.91 Å². The van der Waals surface area contributed by atoms with Crippen LogP contribution in [0.25, 0.3) is 10.8 Å². The van der Waals surface area contributed by atoms with Crippen molar-refractivity contribution in [2.75, 3.05) is 6.61 Å². The van der Waals surface area contributed by atoms with Crippen LogP contribution in [0.2, 0.25) is 0 Å². The molecule has 0 heterocycles. The zero-order chi connectivity index (χ0) is 19.9. The quantitative estimate of drug-likeness (QED) is 0.642. The molecule has 2 amide bonds. The first-order chi connectivity index (χ1) is 13.5. The van der Waals surface area contributed by atoms with Gasteiger partial charge in [0.1, 0.15) is 5.75 Å². The van der Waals surface area contributed by atoms with E-state index in [9.17, 15) is 9.59 Å². The first-order valence-electron chi connectivity index (χ1n) is 9.31. The molecule has 3 aromatic rings. The predicted octanol–water partition coefficient (Wildman–Crippen LogP) is 3.88. The van der Waals surface area contributed by atoms with Crippen LogP contribution in [0.5, 0.6) is 5.75 Å². The van der Waals surface area contributed by atoms with Crippen molar-refractivity contribution < 1.29 is 14.3 Å². The van der Waals surface area contributed by atoms with Gasteiger partial charge in [0.25, 0.3) is 5.91 Å². The standard InChI is InChI=1S/C23H24N2O3/c1-16(2)15-28-20-11-6-10-19(13-20)23(27)25-24-22(26)14-18-9-5-8-17-7-3-4-12-21(17)18/h3-13,16H,14-15H2,1-2H3,(H,24,26)(H,25,27). The van der Waals surface area contributed by atoms with Crippen LogP contribution in [-0.4, -0.2) is 18.4 Å². The van der Waals surface area contributed by atoms with Crippen LogP contribution in [0, 0.1) is 5.92 Å². The van der Waals surface area contributed by atoms with E-state index in [1.165, 1.54) is 0 Å². The van der Waals surface area contributed by atoms with E-state index in [2.05, 4.69) is 24.7 Å². The minimum absolute atomic E-state index is 0.180. The Morgan fingerprint density at radius 2 is 1.68 bits per heavy atom. The zero-order valence-corrected chi connectivity index (χ0v) is 16.1. The number of hydrazine groups is 1. The summed E-state index contributed by atoms with van der Waals surface area (Å²) >= 11 is 0. The van der Waals surface area contributed by atoms with Crippen LogP contribution < -0.4 is 15.6 Å². The molecule has 0 aliphatic carbocycles. The van der Waals surface area contributed by atoms with Gasteiger partial charge in [-0.15, -0.1) is 0 Å².